The first-order chi connectivity index (χ1) is 14.8. The van der Waals surface area contributed by atoms with E-state index in [-0.39, 0.29) is 0 Å². The van der Waals surface area contributed by atoms with Crippen LogP contribution in [0.2, 0.25) is 115 Å². The van der Waals surface area contributed by atoms with Gasteiger partial charge in [-0.2, -0.15) is 0 Å². The van der Waals surface area contributed by atoms with Gasteiger partial charge in [-0.25, -0.2) is 0 Å². The van der Waals surface area contributed by atoms with Crippen LogP contribution < -0.4 is 0 Å². The zero-order valence-corrected chi connectivity index (χ0v) is 30.4. The van der Waals surface area contributed by atoms with Crippen molar-refractivity contribution in [2.75, 3.05) is 0 Å². The second kappa shape index (κ2) is 10.3. The van der Waals surface area contributed by atoms with Gasteiger partial charge in [0.15, 0.2) is 0 Å². The maximum absolute atomic E-state index is 4.09. The van der Waals surface area contributed by atoms with Crippen LogP contribution in [0.15, 0.2) is 21.1 Å². The minimum Gasteiger partial charge on any atom is -0.139 e. The standard InChI is InChI=1S/C27H54Si6/c1-28(2)18-13-20-30(5,6)26-16-17-27(33(11,12)23-15-22-32(26,9)10)31(7,8)21-14-19-29(3,4)25-24-28/h13-15,18-23H2,1-12H3. The van der Waals surface area contributed by atoms with Crippen LogP contribution in [-0.2, 0) is 0 Å². The Morgan fingerprint density at radius 3 is 0.909 bits per heavy atom. The van der Waals surface area contributed by atoms with E-state index in [1.165, 1.54) is 55.5 Å². The Kier molecular flexibility index (Phi) is 9.14. The first kappa shape index (κ1) is 29.4. The largest absolute Gasteiger partial charge is 0.139 e. The highest BCUT2D eigenvalue weighted by Crippen LogP contribution is 2.38. The molecule has 0 amide bonds. The summed E-state index contributed by atoms with van der Waals surface area (Å²) in [6, 6.07) is 8.52. The molecule has 0 spiro atoms. The second-order valence-corrected chi connectivity index (χ2v) is 44.2. The van der Waals surface area contributed by atoms with Crippen LogP contribution in [0.1, 0.15) is 19.3 Å². The molecule has 0 nitrogen and oxygen atoms in total. The number of hydrogen-bond donors (Lipinski definition) is 0. The fourth-order valence-corrected chi connectivity index (χ4v) is 35.7. The van der Waals surface area contributed by atoms with Gasteiger partial charge in [-0.1, -0.05) is 133 Å². The van der Waals surface area contributed by atoms with E-state index >= 15 is 0 Å². The third-order valence-corrected chi connectivity index (χ3v) is 34.1. The zero-order valence-electron chi connectivity index (χ0n) is 24.4. The Bertz CT molecular complexity index is 825. The molecular formula is C27H54Si6. The average molecular weight is 547 g/mol. The minimum atomic E-state index is -1.50. The Balaban J connectivity index is 2.73. The average Bonchev–Trinajstić information content (AvgIpc) is 2.65. The summed E-state index contributed by atoms with van der Waals surface area (Å²) >= 11 is 0. The lowest BCUT2D eigenvalue weighted by molar-refractivity contribution is 1.01. The lowest BCUT2D eigenvalue weighted by Crippen LogP contribution is -2.44. The Morgan fingerprint density at radius 1 is 0.394 bits per heavy atom. The SMILES string of the molecule is C[Si]1(C)C#C[Si](C)(C)CCC[Si](C)(C)C2=C=C=C([Si](C)(C)CCC1)[Si](C)(C)CCC[Si]2(C)C. The predicted octanol–water partition coefficient (Wildman–Crippen LogP) is 9.28. The van der Waals surface area contributed by atoms with E-state index in [0.717, 1.165) is 0 Å². The molecule has 0 atom stereocenters. The summed E-state index contributed by atoms with van der Waals surface area (Å²) in [4.78, 5) is 3.63. The second-order valence-electron chi connectivity index (χ2n) is 15.1. The van der Waals surface area contributed by atoms with E-state index in [4.69, 9.17) is 0 Å². The fourth-order valence-electron chi connectivity index (χ4n) is 6.51. The van der Waals surface area contributed by atoms with E-state index in [9.17, 15) is 0 Å². The molecule has 2 heterocycles. The third kappa shape index (κ3) is 8.08. The molecule has 0 aromatic carbocycles. The van der Waals surface area contributed by atoms with Crippen LogP contribution in [0.5, 0.6) is 0 Å². The fraction of sp³-hybridized carbons (Fsp3) is 0.778. The van der Waals surface area contributed by atoms with E-state index in [1.807, 2.05) is 9.64 Å². The molecule has 0 aromatic rings. The van der Waals surface area contributed by atoms with E-state index < -0.39 is 48.4 Å². The smallest absolute Gasteiger partial charge is 0.131 e. The number of hydrogen-bond acceptors (Lipinski definition) is 0. The first-order valence-corrected chi connectivity index (χ1v) is 32.9. The van der Waals surface area contributed by atoms with Crippen molar-refractivity contribution >= 4 is 48.4 Å². The van der Waals surface area contributed by atoms with Crippen molar-refractivity contribution in [2.24, 2.45) is 0 Å². The summed E-state index contributed by atoms with van der Waals surface area (Å²) in [5.41, 5.74) is 16.0. The minimum absolute atomic E-state index is 1.38. The van der Waals surface area contributed by atoms with Crippen molar-refractivity contribution in [3.8, 4) is 11.1 Å². The van der Waals surface area contributed by atoms with Crippen LogP contribution in [0.3, 0.4) is 0 Å². The summed E-state index contributed by atoms with van der Waals surface area (Å²) in [5.74, 6) is 0. The van der Waals surface area contributed by atoms with Crippen LogP contribution in [-0.4, -0.2) is 48.4 Å². The van der Waals surface area contributed by atoms with Gasteiger partial charge in [0.1, 0.15) is 16.1 Å². The molecule has 0 fully saturated rings. The molecule has 2 aliphatic rings. The van der Waals surface area contributed by atoms with Crippen LogP contribution >= 0.6 is 0 Å². The summed E-state index contributed by atoms with van der Waals surface area (Å²) in [6.07, 6.45) is 4.20. The Morgan fingerprint density at radius 2 is 0.636 bits per heavy atom. The van der Waals surface area contributed by atoms with Gasteiger partial charge in [-0.15, -0.1) is 11.1 Å². The molecule has 186 valence electrons. The lowest BCUT2D eigenvalue weighted by atomic mass is 10.6. The van der Waals surface area contributed by atoms with E-state index in [1.54, 1.807) is 0 Å². The van der Waals surface area contributed by atoms with Gasteiger partial charge < -0.3 is 0 Å². The Labute approximate surface area is 213 Å². The molecule has 0 radical (unpaired) electrons. The molecule has 2 bridgehead atoms. The molecule has 0 unspecified atom stereocenters. The van der Waals surface area contributed by atoms with Gasteiger partial charge in [0.05, 0.1) is 32.3 Å². The maximum atomic E-state index is 4.09. The van der Waals surface area contributed by atoms with Crippen molar-refractivity contribution in [2.45, 2.75) is 134 Å². The highest BCUT2D eigenvalue weighted by molar-refractivity contribution is 7.07. The van der Waals surface area contributed by atoms with Crippen LogP contribution in [0.25, 0.3) is 0 Å². The molecule has 0 saturated carbocycles. The normalized spacial score (nSPS) is 28.2. The summed E-state index contributed by atoms with van der Waals surface area (Å²) < 4.78 is 0. The van der Waals surface area contributed by atoms with Gasteiger partial charge in [-0.05, 0) is 21.7 Å². The van der Waals surface area contributed by atoms with Gasteiger partial charge in [0.2, 0.25) is 0 Å². The molecule has 0 aromatic heterocycles. The van der Waals surface area contributed by atoms with E-state index in [2.05, 4.69) is 101 Å². The molecule has 0 N–H and O–H groups in total. The first-order valence-electron chi connectivity index (χ1n) is 13.6. The molecule has 33 heavy (non-hydrogen) atoms. The molecular weight excluding hydrogens is 493 g/mol. The summed E-state index contributed by atoms with van der Waals surface area (Å²) in [5, 5.41) is 0. The number of rotatable bonds is 0. The van der Waals surface area contributed by atoms with Crippen molar-refractivity contribution < 1.29 is 0 Å². The van der Waals surface area contributed by atoms with Crippen LogP contribution in [0.4, 0.5) is 0 Å². The summed E-state index contributed by atoms with van der Waals surface area (Å²) in [7, 11) is -8.74. The van der Waals surface area contributed by atoms with Gasteiger partial charge >= 0.3 is 0 Å². The topological polar surface area (TPSA) is 0 Å². The van der Waals surface area contributed by atoms with Gasteiger partial charge in [0.25, 0.3) is 0 Å². The molecule has 0 saturated heterocycles. The zero-order chi connectivity index (χ0) is 25.3. The maximum Gasteiger partial charge on any atom is 0.131 e. The van der Waals surface area contributed by atoms with Crippen molar-refractivity contribution in [1.82, 2.24) is 0 Å². The highest BCUT2D eigenvalue weighted by atomic mass is 28.4. The van der Waals surface area contributed by atoms with Crippen molar-refractivity contribution in [1.29, 1.82) is 0 Å². The van der Waals surface area contributed by atoms with Crippen molar-refractivity contribution in [3.63, 3.8) is 0 Å². The monoisotopic (exact) mass is 546 g/mol. The van der Waals surface area contributed by atoms with Crippen LogP contribution in [0, 0.1) is 11.1 Å². The molecule has 0 aliphatic carbocycles. The lowest BCUT2D eigenvalue weighted by Gasteiger charge is -2.36. The highest BCUT2D eigenvalue weighted by Gasteiger charge is 2.42. The molecule has 2 rings (SSSR count). The third-order valence-electron chi connectivity index (χ3n) is 8.57. The predicted molar refractivity (Wildman–Crippen MR) is 169 cm³/mol. The Hall–Kier alpha value is 0.161. The van der Waals surface area contributed by atoms with Gasteiger partial charge in [0, 0.05) is 0 Å². The van der Waals surface area contributed by atoms with E-state index in [0.29, 0.717) is 0 Å². The summed E-state index contributed by atoms with van der Waals surface area (Å²) in [6.45, 7) is 31.4. The quantitative estimate of drug-likeness (QED) is 0.161. The molecule has 2 aliphatic heterocycles. The molecule has 6 heteroatoms. The van der Waals surface area contributed by atoms with Gasteiger partial charge in [-0.3, -0.25) is 0 Å². The van der Waals surface area contributed by atoms with Crippen molar-refractivity contribution in [3.05, 3.63) is 21.1 Å².